The van der Waals surface area contributed by atoms with Gasteiger partial charge < -0.3 is 10.6 Å². The molecule has 0 aliphatic carbocycles. The molecule has 2 nitrogen and oxygen atoms in total. The van der Waals surface area contributed by atoms with E-state index < -0.39 is 0 Å². The summed E-state index contributed by atoms with van der Waals surface area (Å²) < 4.78 is 0. The summed E-state index contributed by atoms with van der Waals surface area (Å²) in [6.45, 7) is 9.40. The number of rotatable bonds is 7. The lowest BCUT2D eigenvalue weighted by atomic mass is 9.82. The molecule has 1 heterocycles. The maximum Gasteiger partial charge on any atom is 0.00205 e. The van der Waals surface area contributed by atoms with Crippen LogP contribution in [0.3, 0.4) is 0 Å². The first kappa shape index (κ1) is 12.0. The number of nitrogens with one attached hydrogen (secondary N) is 2. The van der Waals surface area contributed by atoms with Crippen molar-refractivity contribution >= 4 is 0 Å². The minimum Gasteiger partial charge on any atom is -0.316 e. The molecule has 0 saturated carbocycles. The molecule has 1 atom stereocenters. The molecule has 0 aromatic carbocycles. The van der Waals surface area contributed by atoms with Crippen LogP contribution >= 0.6 is 0 Å². The van der Waals surface area contributed by atoms with Gasteiger partial charge in [0, 0.05) is 13.1 Å². The second-order valence-electron chi connectivity index (χ2n) is 4.71. The predicted molar refractivity (Wildman–Crippen MR) is 62.6 cm³/mol. The zero-order valence-electron chi connectivity index (χ0n) is 9.86. The maximum absolute atomic E-state index is 3.61. The molecule has 0 aromatic heterocycles. The van der Waals surface area contributed by atoms with Crippen LogP contribution in [0.5, 0.6) is 0 Å². The van der Waals surface area contributed by atoms with E-state index in [9.17, 15) is 0 Å². The molecule has 0 amide bonds. The van der Waals surface area contributed by atoms with Crippen LogP contribution in [0, 0.1) is 5.41 Å². The summed E-state index contributed by atoms with van der Waals surface area (Å²) in [7, 11) is 0. The molecule has 0 radical (unpaired) electrons. The zero-order chi connectivity index (χ0) is 10.3. The molecule has 1 unspecified atom stereocenters. The van der Waals surface area contributed by atoms with E-state index in [1.165, 1.54) is 58.3 Å². The van der Waals surface area contributed by atoms with Gasteiger partial charge in [-0.2, -0.15) is 0 Å². The van der Waals surface area contributed by atoms with Crippen LogP contribution in [0.25, 0.3) is 0 Å². The van der Waals surface area contributed by atoms with E-state index in [2.05, 4.69) is 24.5 Å². The zero-order valence-corrected chi connectivity index (χ0v) is 9.86. The third kappa shape index (κ3) is 3.58. The van der Waals surface area contributed by atoms with Crippen molar-refractivity contribution in [1.82, 2.24) is 10.6 Å². The van der Waals surface area contributed by atoms with Crippen molar-refractivity contribution < 1.29 is 0 Å². The van der Waals surface area contributed by atoms with Crippen LogP contribution in [0.1, 0.15) is 46.0 Å². The lowest BCUT2D eigenvalue weighted by Crippen LogP contribution is -2.36. The molecule has 1 aliphatic heterocycles. The van der Waals surface area contributed by atoms with Gasteiger partial charge in [-0.3, -0.25) is 0 Å². The Labute approximate surface area is 88.8 Å². The molecular weight excluding hydrogens is 172 g/mol. The Morgan fingerprint density at radius 2 is 2.14 bits per heavy atom. The van der Waals surface area contributed by atoms with Crippen molar-refractivity contribution in [1.29, 1.82) is 0 Å². The first-order chi connectivity index (χ1) is 6.83. The Hall–Kier alpha value is -0.0800. The Kier molecular flexibility index (Phi) is 5.49. The van der Waals surface area contributed by atoms with Gasteiger partial charge in [-0.15, -0.1) is 0 Å². The normalized spacial score (nSPS) is 27.0. The highest BCUT2D eigenvalue weighted by molar-refractivity contribution is 4.89. The van der Waals surface area contributed by atoms with Gasteiger partial charge in [-0.1, -0.05) is 26.7 Å². The van der Waals surface area contributed by atoms with Crippen molar-refractivity contribution in [2.45, 2.75) is 46.0 Å². The summed E-state index contributed by atoms with van der Waals surface area (Å²) in [4.78, 5) is 0. The fourth-order valence-electron chi connectivity index (χ4n) is 2.43. The number of hydrogen-bond acceptors (Lipinski definition) is 2. The summed E-state index contributed by atoms with van der Waals surface area (Å²) in [5.74, 6) is 0. The monoisotopic (exact) mass is 198 g/mol. The summed E-state index contributed by atoms with van der Waals surface area (Å²) in [5, 5.41) is 7.11. The highest BCUT2D eigenvalue weighted by Crippen LogP contribution is 2.29. The van der Waals surface area contributed by atoms with Crippen LogP contribution in [-0.2, 0) is 0 Å². The van der Waals surface area contributed by atoms with E-state index in [0.717, 1.165) is 0 Å². The SMILES string of the molecule is CCCCNCC1(CCC)CCNC1. The average molecular weight is 198 g/mol. The van der Waals surface area contributed by atoms with Gasteiger partial charge in [0.15, 0.2) is 0 Å². The first-order valence-corrected chi connectivity index (χ1v) is 6.24. The Balaban J connectivity index is 2.21. The topological polar surface area (TPSA) is 24.1 Å². The second-order valence-corrected chi connectivity index (χ2v) is 4.71. The van der Waals surface area contributed by atoms with Crippen LogP contribution in [0.2, 0.25) is 0 Å². The predicted octanol–water partition coefficient (Wildman–Crippen LogP) is 2.16. The molecule has 0 bridgehead atoms. The largest absolute Gasteiger partial charge is 0.316 e. The lowest BCUT2D eigenvalue weighted by Gasteiger charge is -2.28. The molecule has 1 fully saturated rings. The fraction of sp³-hybridized carbons (Fsp3) is 1.00. The van der Waals surface area contributed by atoms with Crippen LogP contribution < -0.4 is 10.6 Å². The van der Waals surface area contributed by atoms with Crippen LogP contribution in [0.4, 0.5) is 0 Å². The smallest absolute Gasteiger partial charge is 0.00205 e. The Morgan fingerprint density at radius 1 is 1.29 bits per heavy atom. The van der Waals surface area contributed by atoms with Crippen molar-refractivity contribution in [3.63, 3.8) is 0 Å². The van der Waals surface area contributed by atoms with Crippen molar-refractivity contribution in [3.05, 3.63) is 0 Å². The molecule has 1 aliphatic rings. The third-order valence-electron chi connectivity index (χ3n) is 3.32. The minimum atomic E-state index is 0.572. The van der Waals surface area contributed by atoms with E-state index in [1.807, 2.05) is 0 Å². The molecule has 0 aromatic rings. The van der Waals surface area contributed by atoms with Gasteiger partial charge in [-0.25, -0.2) is 0 Å². The molecule has 1 saturated heterocycles. The van der Waals surface area contributed by atoms with Gasteiger partial charge >= 0.3 is 0 Å². The van der Waals surface area contributed by atoms with Gasteiger partial charge in [0.1, 0.15) is 0 Å². The lowest BCUT2D eigenvalue weighted by molar-refractivity contribution is 0.276. The van der Waals surface area contributed by atoms with Crippen LogP contribution in [-0.4, -0.2) is 26.2 Å². The van der Waals surface area contributed by atoms with Gasteiger partial charge in [0.2, 0.25) is 0 Å². The third-order valence-corrected chi connectivity index (χ3v) is 3.32. The van der Waals surface area contributed by atoms with Crippen molar-refractivity contribution in [2.24, 2.45) is 5.41 Å². The van der Waals surface area contributed by atoms with Gasteiger partial charge in [0.25, 0.3) is 0 Å². The Morgan fingerprint density at radius 3 is 2.71 bits per heavy atom. The van der Waals surface area contributed by atoms with Crippen LogP contribution in [0.15, 0.2) is 0 Å². The van der Waals surface area contributed by atoms with E-state index >= 15 is 0 Å². The summed E-state index contributed by atoms with van der Waals surface area (Å²) >= 11 is 0. The highest BCUT2D eigenvalue weighted by Gasteiger charge is 2.31. The number of unbranched alkanes of at least 4 members (excludes halogenated alkanes) is 1. The summed E-state index contributed by atoms with van der Waals surface area (Å²) in [5.41, 5.74) is 0.572. The average Bonchev–Trinajstić information content (AvgIpc) is 2.63. The molecule has 2 heteroatoms. The summed E-state index contributed by atoms with van der Waals surface area (Å²) in [6.07, 6.45) is 6.66. The van der Waals surface area contributed by atoms with E-state index in [4.69, 9.17) is 0 Å². The summed E-state index contributed by atoms with van der Waals surface area (Å²) in [6, 6.07) is 0. The molecule has 1 rings (SSSR count). The second kappa shape index (κ2) is 6.41. The molecule has 0 spiro atoms. The molecule has 84 valence electrons. The first-order valence-electron chi connectivity index (χ1n) is 6.24. The molecule has 14 heavy (non-hydrogen) atoms. The highest BCUT2D eigenvalue weighted by atomic mass is 15.0. The fourth-order valence-corrected chi connectivity index (χ4v) is 2.43. The van der Waals surface area contributed by atoms with E-state index in [-0.39, 0.29) is 0 Å². The molecular formula is C12H26N2. The standard InChI is InChI=1S/C12H26N2/c1-3-5-8-13-10-12(6-4-2)7-9-14-11-12/h13-14H,3-11H2,1-2H3. The number of hydrogen-bond donors (Lipinski definition) is 2. The van der Waals surface area contributed by atoms with E-state index in [0.29, 0.717) is 5.41 Å². The molecule has 2 N–H and O–H groups in total. The van der Waals surface area contributed by atoms with Gasteiger partial charge in [-0.05, 0) is 37.8 Å². The van der Waals surface area contributed by atoms with E-state index in [1.54, 1.807) is 0 Å². The maximum atomic E-state index is 3.61. The van der Waals surface area contributed by atoms with Gasteiger partial charge in [0.05, 0.1) is 0 Å². The van der Waals surface area contributed by atoms with Crippen molar-refractivity contribution in [3.8, 4) is 0 Å². The minimum absolute atomic E-state index is 0.572. The quantitative estimate of drug-likeness (QED) is 0.613. The van der Waals surface area contributed by atoms with Crippen molar-refractivity contribution in [2.75, 3.05) is 26.2 Å². The Bertz CT molecular complexity index is 139.